The molecule has 0 aromatic carbocycles. The molecule has 1 aliphatic rings. The number of ether oxygens (including phenoxy) is 1. The van der Waals surface area contributed by atoms with E-state index in [0.29, 0.717) is 23.4 Å². The zero-order chi connectivity index (χ0) is 24.6. The van der Waals surface area contributed by atoms with Gasteiger partial charge in [-0.25, -0.2) is 15.0 Å². The van der Waals surface area contributed by atoms with Gasteiger partial charge in [0.15, 0.2) is 23.0 Å². The number of imidazole rings is 1. The molecule has 0 radical (unpaired) electrons. The Morgan fingerprint density at radius 3 is 2.42 bits per heavy atom. The van der Waals surface area contributed by atoms with Gasteiger partial charge in [0.2, 0.25) is 0 Å². The van der Waals surface area contributed by atoms with Crippen molar-refractivity contribution >= 4 is 24.6 Å². The lowest BCUT2D eigenvalue weighted by atomic mass is 9.93. The Labute approximate surface area is 192 Å². The smallest absolute Gasteiger partial charge is 0.359 e. The highest BCUT2D eigenvalue weighted by Gasteiger charge is 2.51. The first-order valence-corrected chi connectivity index (χ1v) is 12.7. The molecule has 2 aromatic rings. The molecule has 1 aliphatic heterocycles. The summed E-state index contributed by atoms with van der Waals surface area (Å²) in [5.74, 6) is 0.508. The third-order valence-corrected chi connectivity index (χ3v) is 8.96. The van der Waals surface area contributed by atoms with E-state index >= 15 is 0 Å². The van der Waals surface area contributed by atoms with E-state index in [-0.39, 0.29) is 19.3 Å². The van der Waals surface area contributed by atoms with Crippen molar-refractivity contribution in [3.63, 3.8) is 0 Å². The average molecular weight is 487 g/mol. The van der Waals surface area contributed by atoms with Crippen LogP contribution in [0.1, 0.15) is 59.6 Å². The number of aliphatic hydroxyl groups is 3. The van der Waals surface area contributed by atoms with Gasteiger partial charge < -0.3 is 34.8 Å². The summed E-state index contributed by atoms with van der Waals surface area (Å²) < 4.78 is 26.1. The van der Waals surface area contributed by atoms with E-state index in [9.17, 15) is 24.8 Å². The Morgan fingerprint density at radius 1 is 1.18 bits per heavy atom. The SMILES string of the molecule is CCC(O)(CC)P(=O)(O)O[C@](C)(CC)CC1OC(n2cnc3c(NC)ncnc32)[C@H](O)[C@@H]1O. The first kappa shape index (κ1) is 26.0. The highest BCUT2D eigenvalue weighted by molar-refractivity contribution is 7.54. The molecular formula is C20H34N5O7P. The van der Waals surface area contributed by atoms with E-state index in [2.05, 4.69) is 20.3 Å². The molecule has 1 saturated heterocycles. The average Bonchev–Trinajstić information content (AvgIpc) is 3.34. The van der Waals surface area contributed by atoms with Crippen molar-refractivity contribution in [1.82, 2.24) is 19.5 Å². The molecule has 1 fully saturated rings. The number of hydrogen-bond acceptors (Lipinski definition) is 10. The molecule has 0 amide bonds. The standard InChI is InChI=1S/C20H34N5O7P/c1-6-19(4,32-33(29,30)20(28,7-2)8-3)9-12-14(26)15(27)18(31-12)25-11-24-13-16(21-5)22-10-23-17(13)25/h10-12,14-15,18,26-28H,6-9H2,1-5H3,(H,29,30)(H,21,22,23)/t12?,14-,15-,18?,19-/m1/s1. The Bertz CT molecular complexity index is 1020. The minimum atomic E-state index is -4.43. The highest BCUT2D eigenvalue weighted by Crippen LogP contribution is 2.60. The van der Waals surface area contributed by atoms with Crippen LogP contribution in [0.5, 0.6) is 0 Å². The summed E-state index contributed by atoms with van der Waals surface area (Å²) >= 11 is 0. The molecule has 0 spiro atoms. The molecule has 33 heavy (non-hydrogen) atoms. The van der Waals surface area contributed by atoms with Gasteiger partial charge >= 0.3 is 7.60 Å². The molecule has 12 nitrogen and oxygen atoms in total. The largest absolute Gasteiger partial charge is 0.388 e. The maximum Gasteiger partial charge on any atom is 0.359 e. The summed E-state index contributed by atoms with van der Waals surface area (Å²) in [6.45, 7) is 6.62. The van der Waals surface area contributed by atoms with E-state index in [1.54, 1.807) is 34.7 Å². The third kappa shape index (κ3) is 4.66. The summed E-state index contributed by atoms with van der Waals surface area (Å²) in [6, 6.07) is 0. The van der Waals surface area contributed by atoms with Crippen molar-refractivity contribution in [1.29, 1.82) is 0 Å². The maximum atomic E-state index is 12.9. The third-order valence-electron chi connectivity index (χ3n) is 6.59. The van der Waals surface area contributed by atoms with Crippen LogP contribution in [0, 0.1) is 0 Å². The molecule has 186 valence electrons. The van der Waals surface area contributed by atoms with Crippen molar-refractivity contribution in [2.24, 2.45) is 0 Å². The normalized spacial score (nSPS) is 27.4. The number of anilines is 1. The lowest BCUT2D eigenvalue weighted by molar-refractivity contribution is -0.0696. The first-order chi connectivity index (χ1) is 15.5. The quantitative estimate of drug-likeness (QED) is 0.309. The van der Waals surface area contributed by atoms with Crippen molar-refractivity contribution < 1.29 is 34.0 Å². The highest BCUT2D eigenvalue weighted by atomic mass is 31.2. The van der Waals surface area contributed by atoms with Crippen LogP contribution in [0.2, 0.25) is 0 Å². The van der Waals surface area contributed by atoms with Crippen LogP contribution >= 0.6 is 7.60 Å². The number of nitrogens with one attached hydrogen (secondary N) is 1. The van der Waals surface area contributed by atoms with Crippen molar-refractivity contribution in [3.8, 4) is 0 Å². The Kier molecular flexibility index (Phi) is 7.50. The van der Waals surface area contributed by atoms with Crippen LogP contribution in [-0.2, 0) is 13.8 Å². The van der Waals surface area contributed by atoms with Gasteiger partial charge in [0.05, 0.1) is 18.0 Å². The van der Waals surface area contributed by atoms with Crippen LogP contribution in [0.3, 0.4) is 0 Å². The zero-order valence-electron chi connectivity index (χ0n) is 19.5. The zero-order valence-corrected chi connectivity index (χ0v) is 20.4. The summed E-state index contributed by atoms with van der Waals surface area (Å²) in [6.07, 6.45) is -1.28. The minimum Gasteiger partial charge on any atom is -0.388 e. The lowest BCUT2D eigenvalue weighted by Gasteiger charge is -2.38. The fourth-order valence-electron chi connectivity index (χ4n) is 4.05. The monoisotopic (exact) mass is 487 g/mol. The van der Waals surface area contributed by atoms with E-state index in [1.165, 1.54) is 17.2 Å². The van der Waals surface area contributed by atoms with Crippen LogP contribution in [0.4, 0.5) is 5.82 Å². The summed E-state index contributed by atoms with van der Waals surface area (Å²) in [7, 11) is -2.73. The molecule has 2 aromatic heterocycles. The second-order valence-corrected chi connectivity index (χ2v) is 10.7. The van der Waals surface area contributed by atoms with Gasteiger partial charge in [-0.15, -0.1) is 0 Å². The van der Waals surface area contributed by atoms with E-state index < -0.39 is 43.1 Å². The summed E-state index contributed by atoms with van der Waals surface area (Å²) in [4.78, 5) is 23.2. The molecule has 3 unspecified atom stereocenters. The van der Waals surface area contributed by atoms with Crippen LogP contribution in [0.15, 0.2) is 12.7 Å². The molecule has 5 N–H and O–H groups in total. The topological polar surface area (TPSA) is 172 Å². The Morgan fingerprint density at radius 2 is 1.85 bits per heavy atom. The number of fused-ring (bicyclic) bond motifs is 1. The molecule has 0 bridgehead atoms. The second-order valence-electron chi connectivity index (χ2n) is 8.65. The van der Waals surface area contributed by atoms with E-state index in [4.69, 9.17) is 9.26 Å². The molecule has 0 aliphatic carbocycles. The number of aromatic nitrogens is 4. The fourth-order valence-corrected chi connectivity index (χ4v) is 5.82. The Balaban J connectivity index is 1.84. The van der Waals surface area contributed by atoms with Gasteiger partial charge in [0, 0.05) is 13.5 Å². The molecule has 3 rings (SSSR count). The first-order valence-electron chi connectivity index (χ1n) is 11.1. The van der Waals surface area contributed by atoms with Gasteiger partial charge in [0.1, 0.15) is 24.1 Å². The van der Waals surface area contributed by atoms with E-state index in [1.807, 2.05) is 0 Å². The molecule has 3 heterocycles. The van der Waals surface area contributed by atoms with Crippen LogP contribution in [-0.4, -0.2) is 76.0 Å². The second kappa shape index (κ2) is 9.53. The number of hydrogen-bond donors (Lipinski definition) is 5. The minimum absolute atomic E-state index is 0.00959. The fraction of sp³-hybridized carbons (Fsp3) is 0.750. The van der Waals surface area contributed by atoms with E-state index in [0.717, 1.165) is 0 Å². The Hall–Kier alpha value is -1.66. The van der Waals surface area contributed by atoms with Crippen molar-refractivity contribution in [2.45, 2.75) is 88.9 Å². The molecule has 13 heteroatoms. The van der Waals surface area contributed by atoms with Crippen LogP contribution in [0.25, 0.3) is 11.2 Å². The molecular weight excluding hydrogens is 453 g/mol. The van der Waals surface area contributed by atoms with Gasteiger partial charge in [-0.05, 0) is 26.2 Å². The van der Waals surface area contributed by atoms with Crippen LogP contribution < -0.4 is 5.32 Å². The van der Waals surface area contributed by atoms with Crippen molar-refractivity contribution in [2.75, 3.05) is 12.4 Å². The van der Waals surface area contributed by atoms with Crippen molar-refractivity contribution in [3.05, 3.63) is 12.7 Å². The maximum absolute atomic E-state index is 12.9. The lowest BCUT2D eigenvalue weighted by Crippen LogP contribution is -2.40. The summed E-state index contributed by atoms with van der Waals surface area (Å²) in [5, 5.41) is 33.1. The molecule has 6 atom stereocenters. The predicted octanol–water partition coefficient (Wildman–Crippen LogP) is 1.76. The van der Waals surface area contributed by atoms with Gasteiger partial charge in [-0.1, -0.05) is 20.8 Å². The number of rotatable bonds is 10. The number of nitrogens with zero attached hydrogens (tertiary/aromatic N) is 4. The molecule has 0 saturated carbocycles. The van der Waals surface area contributed by atoms with Gasteiger partial charge in [0.25, 0.3) is 0 Å². The van der Waals surface area contributed by atoms with Gasteiger partial charge in [-0.2, -0.15) is 0 Å². The van der Waals surface area contributed by atoms with Gasteiger partial charge in [-0.3, -0.25) is 9.13 Å². The predicted molar refractivity (Wildman–Crippen MR) is 121 cm³/mol. The summed E-state index contributed by atoms with van der Waals surface area (Å²) in [5.41, 5.74) is -0.312. The number of aliphatic hydroxyl groups excluding tert-OH is 2.